The molecule has 0 aromatic carbocycles. The molecule has 0 aliphatic heterocycles. The molecule has 2 aliphatic rings. The number of hydrogen-bond donors (Lipinski definition) is 3. The average Bonchev–Trinajstić information content (AvgIpc) is 3.21. The highest BCUT2D eigenvalue weighted by molar-refractivity contribution is 5.85. The molecule has 0 radical (unpaired) electrons. The van der Waals surface area contributed by atoms with Gasteiger partial charge in [0, 0.05) is 13.0 Å². The van der Waals surface area contributed by atoms with E-state index in [1.54, 1.807) is 0 Å². The van der Waals surface area contributed by atoms with Gasteiger partial charge in [-0.05, 0) is 38.0 Å². The number of hydrogen-bond acceptors (Lipinski definition) is 3. The minimum Gasteiger partial charge on any atom is -0.348 e. The number of carbonyl (C=O) groups is 2. The molecular weight excluding hydrogens is 302 g/mol. The first kappa shape index (κ1) is 19.2. The molecule has 128 valence electrons. The Balaban J connectivity index is 0.00000242. The quantitative estimate of drug-likeness (QED) is 0.633. The molecule has 1 unspecified atom stereocenters. The Morgan fingerprint density at radius 3 is 2.32 bits per heavy atom. The van der Waals surface area contributed by atoms with Crippen LogP contribution in [0.3, 0.4) is 0 Å². The Kier molecular flexibility index (Phi) is 7.63. The van der Waals surface area contributed by atoms with Gasteiger partial charge in [-0.2, -0.15) is 0 Å². The molecule has 2 amide bonds. The summed E-state index contributed by atoms with van der Waals surface area (Å²) in [6.45, 7) is 2.50. The lowest BCUT2D eigenvalue weighted by molar-refractivity contribution is -0.127. The van der Waals surface area contributed by atoms with Gasteiger partial charge in [0.1, 0.15) is 0 Å². The topological polar surface area (TPSA) is 84.2 Å². The van der Waals surface area contributed by atoms with Gasteiger partial charge in [-0.25, -0.2) is 0 Å². The summed E-state index contributed by atoms with van der Waals surface area (Å²) in [4.78, 5) is 23.7. The van der Waals surface area contributed by atoms with Crippen LogP contribution in [0.25, 0.3) is 0 Å². The molecule has 0 aromatic rings. The number of nitrogens with two attached hydrogens (primary N) is 1. The molecule has 4 N–H and O–H groups in total. The summed E-state index contributed by atoms with van der Waals surface area (Å²) in [5.41, 5.74) is 5.45. The van der Waals surface area contributed by atoms with Crippen molar-refractivity contribution in [1.29, 1.82) is 0 Å². The van der Waals surface area contributed by atoms with Gasteiger partial charge in [-0.1, -0.05) is 25.7 Å². The van der Waals surface area contributed by atoms with Crippen LogP contribution in [0.4, 0.5) is 0 Å². The predicted octanol–water partition coefficient (Wildman–Crippen LogP) is 1.74. The zero-order valence-electron chi connectivity index (χ0n) is 13.5. The van der Waals surface area contributed by atoms with Crippen molar-refractivity contribution in [3.8, 4) is 0 Å². The van der Waals surface area contributed by atoms with Crippen LogP contribution in [0, 0.1) is 11.8 Å². The molecule has 0 bridgehead atoms. The van der Waals surface area contributed by atoms with E-state index in [0.717, 1.165) is 19.3 Å². The van der Waals surface area contributed by atoms with Crippen LogP contribution in [0.1, 0.15) is 58.3 Å². The van der Waals surface area contributed by atoms with Crippen LogP contribution < -0.4 is 16.4 Å². The number of carbonyl (C=O) groups excluding carboxylic acids is 2. The first-order valence-electron chi connectivity index (χ1n) is 8.31. The first-order valence-corrected chi connectivity index (χ1v) is 8.31. The summed E-state index contributed by atoms with van der Waals surface area (Å²) in [5, 5.41) is 5.70. The molecule has 0 saturated heterocycles. The van der Waals surface area contributed by atoms with Gasteiger partial charge >= 0.3 is 0 Å². The molecule has 0 heterocycles. The summed E-state index contributed by atoms with van der Waals surface area (Å²) in [6.07, 6.45) is 8.85. The van der Waals surface area contributed by atoms with Crippen LogP contribution in [0.2, 0.25) is 0 Å². The highest BCUT2D eigenvalue weighted by Gasteiger charge is 2.41. The van der Waals surface area contributed by atoms with Crippen molar-refractivity contribution in [2.75, 3.05) is 13.1 Å². The van der Waals surface area contributed by atoms with Crippen molar-refractivity contribution in [3.05, 3.63) is 0 Å². The molecule has 1 atom stereocenters. The lowest BCUT2D eigenvalue weighted by Gasteiger charge is -2.29. The molecule has 6 heteroatoms. The van der Waals surface area contributed by atoms with Gasteiger partial charge in [0.2, 0.25) is 11.8 Å². The molecule has 0 spiro atoms. The maximum atomic E-state index is 11.9. The maximum Gasteiger partial charge on any atom is 0.239 e. The standard InChI is InChI=1S/C16H29N3O2.ClH/c1-16(11-17,13-7-8-13)19-15(21)10-18-14(20)9-6-12-4-2-3-5-12;/h12-13H,2-11,17H2,1H3,(H,18,20)(H,19,21);1H. The van der Waals surface area contributed by atoms with E-state index < -0.39 is 0 Å². The molecule has 2 rings (SSSR count). The van der Waals surface area contributed by atoms with E-state index >= 15 is 0 Å². The van der Waals surface area contributed by atoms with E-state index in [1.807, 2.05) is 6.92 Å². The molecule has 0 aromatic heterocycles. The number of nitrogens with one attached hydrogen (secondary N) is 2. The van der Waals surface area contributed by atoms with E-state index in [0.29, 0.717) is 24.8 Å². The second-order valence-corrected chi connectivity index (χ2v) is 6.91. The van der Waals surface area contributed by atoms with Gasteiger partial charge in [-0.15, -0.1) is 12.4 Å². The number of rotatable bonds is 8. The first-order chi connectivity index (χ1) is 10.0. The van der Waals surface area contributed by atoms with Crippen LogP contribution in [0.5, 0.6) is 0 Å². The Bertz CT molecular complexity index is 382. The van der Waals surface area contributed by atoms with Crippen molar-refractivity contribution in [2.24, 2.45) is 17.6 Å². The normalized spacial score (nSPS) is 20.8. The largest absolute Gasteiger partial charge is 0.348 e. The van der Waals surface area contributed by atoms with Crippen molar-refractivity contribution in [3.63, 3.8) is 0 Å². The van der Waals surface area contributed by atoms with Crippen LogP contribution in [-0.4, -0.2) is 30.4 Å². The molecule has 22 heavy (non-hydrogen) atoms. The zero-order chi connectivity index (χ0) is 15.3. The molecule has 2 saturated carbocycles. The minimum absolute atomic E-state index is 0. The fourth-order valence-corrected chi connectivity index (χ4v) is 3.30. The Morgan fingerprint density at radius 1 is 1.14 bits per heavy atom. The lowest BCUT2D eigenvalue weighted by atomic mass is 9.96. The van der Waals surface area contributed by atoms with Gasteiger partial charge in [-0.3, -0.25) is 9.59 Å². The monoisotopic (exact) mass is 331 g/mol. The molecule has 2 fully saturated rings. The Hall–Kier alpha value is -0.810. The average molecular weight is 332 g/mol. The second kappa shape index (κ2) is 8.73. The van der Waals surface area contributed by atoms with Crippen molar-refractivity contribution < 1.29 is 9.59 Å². The third-order valence-electron chi connectivity index (χ3n) is 5.03. The summed E-state index contributed by atoms with van der Waals surface area (Å²) in [5.74, 6) is 1.05. The number of halogens is 1. The number of amides is 2. The van der Waals surface area contributed by atoms with Crippen molar-refractivity contribution in [2.45, 2.75) is 63.8 Å². The van der Waals surface area contributed by atoms with Crippen molar-refractivity contribution in [1.82, 2.24) is 10.6 Å². The van der Waals surface area contributed by atoms with Gasteiger partial charge in [0.25, 0.3) is 0 Å². The highest BCUT2D eigenvalue weighted by atomic mass is 35.5. The van der Waals surface area contributed by atoms with Crippen LogP contribution >= 0.6 is 12.4 Å². The smallest absolute Gasteiger partial charge is 0.239 e. The van der Waals surface area contributed by atoms with Gasteiger partial charge < -0.3 is 16.4 Å². The highest BCUT2D eigenvalue weighted by Crippen LogP contribution is 2.38. The zero-order valence-corrected chi connectivity index (χ0v) is 14.3. The third-order valence-corrected chi connectivity index (χ3v) is 5.03. The molecule has 2 aliphatic carbocycles. The Morgan fingerprint density at radius 2 is 1.77 bits per heavy atom. The minimum atomic E-state index is -0.314. The summed E-state index contributed by atoms with van der Waals surface area (Å²) in [6, 6.07) is 0. The van der Waals surface area contributed by atoms with Crippen LogP contribution in [0.15, 0.2) is 0 Å². The maximum absolute atomic E-state index is 11.9. The summed E-state index contributed by atoms with van der Waals surface area (Å²) in [7, 11) is 0. The molecule has 5 nitrogen and oxygen atoms in total. The Labute approximate surface area is 139 Å². The SMILES string of the molecule is CC(CN)(NC(=O)CNC(=O)CCC1CCCC1)C1CC1.Cl. The summed E-state index contributed by atoms with van der Waals surface area (Å²) < 4.78 is 0. The van der Waals surface area contributed by atoms with E-state index in [4.69, 9.17) is 5.73 Å². The van der Waals surface area contributed by atoms with E-state index in [1.165, 1.54) is 25.7 Å². The third kappa shape index (κ3) is 5.76. The van der Waals surface area contributed by atoms with Crippen molar-refractivity contribution >= 4 is 24.2 Å². The van der Waals surface area contributed by atoms with E-state index in [2.05, 4.69) is 10.6 Å². The lowest BCUT2D eigenvalue weighted by Crippen LogP contribution is -2.55. The van der Waals surface area contributed by atoms with E-state index in [-0.39, 0.29) is 36.3 Å². The van der Waals surface area contributed by atoms with Crippen LogP contribution in [-0.2, 0) is 9.59 Å². The second-order valence-electron chi connectivity index (χ2n) is 6.91. The fourth-order valence-electron chi connectivity index (χ4n) is 3.30. The van der Waals surface area contributed by atoms with Gasteiger partial charge in [0.15, 0.2) is 0 Å². The summed E-state index contributed by atoms with van der Waals surface area (Å²) >= 11 is 0. The van der Waals surface area contributed by atoms with E-state index in [9.17, 15) is 9.59 Å². The molecular formula is C16H30ClN3O2. The van der Waals surface area contributed by atoms with Gasteiger partial charge in [0.05, 0.1) is 12.1 Å². The fraction of sp³-hybridized carbons (Fsp3) is 0.875. The predicted molar refractivity (Wildman–Crippen MR) is 89.8 cm³/mol.